The van der Waals surface area contributed by atoms with Crippen LogP contribution in [0.15, 0.2) is 18.2 Å². The van der Waals surface area contributed by atoms with Crippen molar-refractivity contribution in [2.24, 2.45) is 5.73 Å². The van der Waals surface area contributed by atoms with Gasteiger partial charge < -0.3 is 10.5 Å². The maximum atomic E-state index is 5.83. The Morgan fingerprint density at radius 1 is 1.44 bits per heavy atom. The molecule has 2 N–H and O–H groups in total. The molecule has 0 amide bonds. The summed E-state index contributed by atoms with van der Waals surface area (Å²) in [5, 5.41) is 0. The van der Waals surface area contributed by atoms with Gasteiger partial charge in [0.1, 0.15) is 5.75 Å². The summed E-state index contributed by atoms with van der Waals surface area (Å²) in [6.07, 6.45) is 2.01. The summed E-state index contributed by atoms with van der Waals surface area (Å²) < 4.78 is 5.19. The van der Waals surface area contributed by atoms with E-state index in [1.165, 1.54) is 0 Å². The van der Waals surface area contributed by atoms with Crippen molar-refractivity contribution in [1.82, 2.24) is 0 Å². The molecule has 86 valence electrons. The normalized spacial score (nSPS) is 11.5. The lowest BCUT2D eigenvalue weighted by Crippen LogP contribution is -2.16. The average Bonchev–Trinajstić information content (AvgIpc) is 2.27. The summed E-state index contributed by atoms with van der Waals surface area (Å²) in [7, 11) is 1.67. The number of benzene rings is 1. The van der Waals surface area contributed by atoms with Gasteiger partial charge in [0.2, 0.25) is 0 Å². The number of hydrogen-bond donors (Lipinski definition) is 1. The first kappa shape index (κ1) is 12.6. The molecule has 0 heterocycles. The molecule has 0 radical (unpaired) electrons. The summed E-state index contributed by atoms with van der Waals surface area (Å²) in [4.78, 5) is 0. The van der Waals surface area contributed by atoms with Crippen LogP contribution in [0.4, 0.5) is 0 Å². The van der Waals surface area contributed by atoms with Gasteiger partial charge in [-0.1, -0.05) is 25.2 Å². The van der Waals surface area contributed by atoms with Gasteiger partial charge in [-0.2, -0.15) is 0 Å². The molecule has 0 aliphatic rings. The second kappa shape index (κ2) is 6.19. The summed E-state index contributed by atoms with van der Waals surface area (Å²) in [6.45, 7) is 4.12. The molecule has 0 aliphatic heterocycles. The number of rotatable bonds is 3. The van der Waals surface area contributed by atoms with E-state index in [-0.39, 0.29) is 6.04 Å². The van der Waals surface area contributed by atoms with E-state index in [9.17, 15) is 0 Å². The zero-order chi connectivity index (χ0) is 12.0. The quantitative estimate of drug-likeness (QED) is 0.789. The van der Waals surface area contributed by atoms with Crippen LogP contribution in [0.2, 0.25) is 0 Å². The van der Waals surface area contributed by atoms with Crippen LogP contribution >= 0.6 is 0 Å². The van der Waals surface area contributed by atoms with Crippen LogP contribution in [0, 0.1) is 18.8 Å². The largest absolute Gasteiger partial charge is 0.496 e. The Balaban J connectivity index is 2.78. The zero-order valence-electron chi connectivity index (χ0n) is 10.2. The molecule has 2 heteroatoms. The fourth-order valence-electron chi connectivity index (χ4n) is 1.52. The van der Waals surface area contributed by atoms with Gasteiger partial charge in [0.25, 0.3) is 0 Å². The molecule has 1 rings (SSSR count). The maximum Gasteiger partial charge on any atom is 0.121 e. The van der Waals surface area contributed by atoms with Crippen LogP contribution in [-0.2, 0) is 0 Å². The van der Waals surface area contributed by atoms with Crippen molar-refractivity contribution < 1.29 is 4.74 Å². The van der Waals surface area contributed by atoms with E-state index >= 15 is 0 Å². The molecule has 1 aromatic carbocycles. The predicted octanol–water partition coefficient (Wildman–Crippen LogP) is 2.48. The van der Waals surface area contributed by atoms with Crippen molar-refractivity contribution in [3.8, 4) is 17.6 Å². The van der Waals surface area contributed by atoms with Gasteiger partial charge in [0.15, 0.2) is 0 Å². The number of ether oxygens (including phenoxy) is 1. The molecule has 1 aromatic rings. The highest BCUT2D eigenvalue weighted by Gasteiger charge is 1.98. The van der Waals surface area contributed by atoms with Crippen molar-refractivity contribution in [3.63, 3.8) is 0 Å². The number of methoxy groups -OCH3 is 1. The van der Waals surface area contributed by atoms with Crippen LogP contribution in [0.3, 0.4) is 0 Å². The molecular formula is C14H19NO. The minimum Gasteiger partial charge on any atom is -0.496 e. The first-order valence-corrected chi connectivity index (χ1v) is 5.59. The molecule has 1 unspecified atom stereocenters. The van der Waals surface area contributed by atoms with E-state index in [1.807, 2.05) is 25.1 Å². The maximum absolute atomic E-state index is 5.83. The Labute approximate surface area is 97.8 Å². The van der Waals surface area contributed by atoms with Gasteiger partial charge in [-0.05, 0) is 37.1 Å². The van der Waals surface area contributed by atoms with E-state index in [0.29, 0.717) is 0 Å². The molecule has 16 heavy (non-hydrogen) atoms. The molecule has 2 nitrogen and oxygen atoms in total. The summed E-state index contributed by atoms with van der Waals surface area (Å²) >= 11 is 0. The Hall–Kier alpha value is -1.46. The first-order valence-electron chi connectivity index (χ1n) is 5.59. The minimum atomic E-state index is -0.0209. The van der Waals surface area contributed by atoms with Crippen molar-refractivity contribution in [2.45, 2.75) is 32.7 Å². The van der Waals surface area contributed by atoms with Crippen LogP contribution < -0.4 is 10.5 Å². The summed E-state index contributed by atoms with van der Waals surface area (Å²) in [5.41, 5.74) is 7.91. The van der Waals surface area contributed by atoms with E-state index in [1.54, 1.807) is 7.11 Å². The topological polar surface area (TPSA) is 35.2 Å². The highest BCUT2D eigenvalue weighted by molar-refractivity contribution is 5.43. The van der Waals surface area contributed by atoms with Gasteiger partial charge in [-0.15, -0.1) is 0 Å². The third-order valence-corrected chi connectivity index (χ3v) is 2.40. The molecule has 0 fully saturated rings. The molecule has 0 bridgehead atoms. The number of hydrogen-bond acceptors (Lipinski definition) is 2. The number of nitrogens with two attached hydrogens (primary N) is 1. The minimum absolute atomic E-state index is 0.0209. The smallest absolute Gasteiger partial charge is 0.121 e. The summed E-state index contributed by atoms with van der Waals surface area (Å²) in [5.74, 6) is 7.03. The monoisotopic (exact) mass is 217 g/mol. The van der Waals surface area contributed by atoms with Crippen molar-refractivity contribution in [1.29, 1.82) is 0 Å². The van der Waals surface area contributed by atoms with Gasteiger partial charge in [-0.25, -0.2) is 0 Å². The molecular weight excluding hydrogens is 198 g/mol. The van der Waals surface area contributed by atoms with Gasteiger partial charge in [-0.3, -0.25) is 0 Å². The average molecular weight is 217 g/mol. The first-order chi connectivity index (χ1) is 7.67. The van der Waals surface area contributed by atoms with Crippen LogP contribution in [-0.4, -0.2) is 13.2 Å². The molecule has 0 saturated carbocycles. The fraction of sp³-hybridized carbons (Fsp3) is 0.429. The van der Waals surface area contributed by atoms with E-state index in [0.717, 1.165) is 29.7 Å². The lowest BCUT2D eigenvalue weighted by molar-refractivity contribution is 0.411. The van der Waals surface area contributed by atoms with E-state index < -0.39 is 0 Å². The second-order valence-electron chi connectivity index (χ2n) is 3.85. The Bertz CT molecular complexity index is 401. The standard InChI is InChI=1S/C14H19NO/c1-4-5-13(15)8-6-12-7-9-14(16-3)11(2)10-12/h7,9-10,13H,4-5,15H2,1-3H3. The second-order valence-corrected chi connectivity index (χ2v) is 3.85. The summed E-state index contributed by atoms with van der Waals surface area (Å²) in [6, 6.07) is 5.89. The van der Waals surface area contributed by atoms with E-state index in [4.69, 9.17) is 10.5 Å². The lowest BCUT2D eigenvalue weighted by atomic mass is 10.1. The highest BCUT2D eigenvalue weighted by Crippen LogP contribution is 2.17. The highest BCUT2D eigenvalue weighted by atomic mass is 16.5. The molecule has 0 saturated heterocycles. The Morgan fingerprint density at radius 2 is 2.19 bits per heavy atom. The van der Waals surface area contributed by atoms with Gasteiger partial charge in [0.05, 0.1) is 13.2 Å². The molecule has 1 atom stereocenters. The van der Waals surface area contributed by atoms with Crippen molar-refractivity contribution >= 4 is 0 Å². The molecule has 0 aliphatic carbocycles. The van der Waals surface area contributed by atoms with Gasteiger partial charge >= 0.3 is 0 Å². The van der Waals surface area contributed by atoms with Crippen molar-refractivity contribution in [3.05, 3.63) is 29.3 Å². The van der Waals surface area contributed by atoms with E-state index in [2.05, 4.69) is 18.8 Å². The number of aryl methyl sites for hydroxylation is 1. The molecule has 0 aromatic heterocycles. The third kappa shape index (κ3) is 3.60. The fourth-order valence-corrected chi connectivity index (χ4v) is 1.52. The Morgan fingerprint density at radius 3 is 2.75 bits per heavy atom. The zero-order valence-corrected chi connectivity index (χ0v) is 10.2. The van der Waals surface area contributed by atoms with Crippen molar-refractivity contribution in [2.75, 3.05) is 7.11 Å². The predicted molar refractivity (Wildman–Crippen MR) is 67.5 cm³/mol. The lowest BCUT2D eigenvalue weighted by Gasteiger charge is -2.04. The third-order valence-electron chi connectivity index (χ3n) is 2.40. The van der Waals surface area contributed by atoms with Crippen LogP contribution in [0.25, 0.3) is 0 Å². The van der Waals surface area contributed by atoms with Gasteiger partial charge in [0, 0.05) is 5.56 Å². The molecule has 0 spiro atoms. The Kier molecular flexibility index (Phi) is 4.88. The SMILES string of the molecule is CCCC(N)C#Cc1ccc(OC)c(C)c1. The van der Waals surface area contributed by atoms with Crippen LogP contribution in [0.5, 0.6) is 5.75 Å². The van der Waals surface area contributed by atoms with Crippen LogP contribution in [0.1, 0.15) is 30.9 Å².